The molecule has 3 rings (SSSR count). The third-order valence-electron chi connectivity index (χ3n) is 3.52. The molecule has 0 aliphatic rings. The number of carbonyl (C=O) groups is 1. The second-order valence-electron chi connectivity index (χ2n) is 5.62. The van der Waals surface area contributed by atoms with Gasteiger partial charge in [0.2, 0.25) is 5.82 Å². The van der Waals surface area contributed by atoms with E-state index >= 15 is 0 Å². The summed E-state index contributed by atoms with van der Waals surface area (Å²) in [6.45, 7) is 0.0852. The van der Waals surface area contributed by atoms with Crippen LogP contribution >= 0.6 is 15.9 Å². The van der Waals surface area contributed by atoms with Crippen molar-refractivity contribution in [1.82, 2.24) is 10.3 Å². The number of benzene rings is 2. The first kappa shape index (κ1) is 19.6. The van der Waals surface area contributed by atoms with Crippen LogP contribution in [0.1, 0.15) is 11.3 Å². The maximum absolute atomic E-state index is 13.3. The van der Waals surface area contributed by atoms with E-state index in [4.69, 9.17) is 10.1 Å². The summed E-state index contributed by atoms with van der Waals surface area (Å²) in [5, 5.41) is 20.5. The van der Waals surface area contributed by atoms with Crippen LogP contribution in [0.2, 0.25) is 0 Å². The van der Waals surface area contributed by atoms with Crippen molar-refractivity contribution in [2.45, 2.75) is 6.61 Å². The second kappa shape index (κ2) is 9.20. The summed E-state index contributed by atoms with van der Waals surface area (Å²) < 4.78 is 23.5. The van der Waals surface area contributed by atoms with Gasteiger partial charge in [-0.15, -0.1) is 0 Å². The summed E-state index contributed by atoms with van der Waals surface area (Å²) in [5.41, 5.74) is 1.39. The first-order valence-corrected chi connectivity index (χ1v) is 8.87. The average molecular weight is 448 g/mol. The zero-order chi connectivity index (χ0) is 19.9. The van der Waals surface area contributed by atoms with E-state index in [2.05, 4.69) is 41.5 Å². The van der Waals surface area contributed by atoms with Crippen molar-refractivity contribution in [3.63, 3.8) is 0 Å². The summed E-state index contributed by atoms with van der Waals surface area (Å²) >= 11 is 3.07. The second-order valence-corrected chi connectivity index (χ2v) is 6.47. The highest BCUT2D eigenvalue weighted by atomic mass is 79.9. The zero-order valence-corrected chi connectivity index (χ0v) is 16.0. The summed E-state index contributed by atoms with van der Waals surface area (Å²) in [4.78, 5) is 12.0. The van der Waals surface area contributed by atoms with E-state index in [1.165, 1.54) is 18.2 Å². The quantitative estimate of drug-likeness (QED) is 0.376. The number of hydrogen-bond donors (Lipinski definition) is 3. The van der Waals surface area contributed by atoms with Crippen molar-refractivity contribution in [3.05, 3.63) is 70.1 Å². The molecular weight excluding hydrogens is 433 g/mol. The van der Waals surface area contributed by atoms with Crippen LogP contribution in [0.25, 0.3) is 0 Å². The van der Waals surface area contributed by atoms with Crippen LogP contribution in [0.4, 0.5) is 15.9 Å². The molecule has 0 aliphatic carbocycles. The molecule has 10 heteroatoms. The van der Waals surface area contributed by atoms with Crippen molar-refractivity contribution in [2.24, 2.45) is 0 Å². The topological polar surface area (TPSA) is 113 Å². The Hall–Kier alpha value is -3.11. The molecule has 3 N–H and O–H groups in total. The molecule has 0 spiro atoms. The fourth-order valence-electron chi connectivity index (χ4n) is 2.22. The molecule has 1 amide bonds. The van der Waals surface area contributed by atoms with Gasteiger partial charge in [-0.05, 0) is 50.0 Å². The molecule has 1 aromatic heterocycles. The van der Waals surface area contributed by atoms with Gasteiger partial charge in [0.1, 0.15) is 12.4 Å². The number of rotatable bonds is 7. The normalized spacial score (nSPS) is 10.5. The molecule has 2 aromatic carbocycles. The van der Waals surface area contributed by atoms with Crippen LogP contribution in [0.15, 0.2) is 57.6 Å². The fraction of sp³-hybridized carbons (Fsp3) is 0.111. The van der Waals surface area contributed by atoms with E-state index in [1.807, 2.05) is 30.3 Å². The minimum atomic E-state index is -0.467. The molecule has 3 aromatic rings. The molecule has 0 unspecified atom stereocenters. The third kappa shape index (κ3) is 5.21. The number of amidine groups is 1. The van der Waals surface area contributed by atoms with E-state index in [0.717, 1.165) is 5.56 Å². The monoisotopic (exact) mass is 447 g/mol. The number of aromatic nitrogens is 2. The summed E-state index contributed by atoms with van der Waals surface area (Å²) in [7, 11) is 0. The molecule has 0 saturated heterocycles. The molecule has 0 atom stereocenters. The molecule has 8 nitrogen and oxygen atoms in total. The molecule has 0 saturated carbocycles. The minimum absolute atomic E-state index is 0.00291. The Morgan fingerprint density at radius 1 is 1.18 bits per heavy atom. The molecule has 28 heavy (non-hydrogen) atoms. The lowest BCUT2D eigenvalue weighted by Gasteiger charge is -2.08. The molecule has 1 heterocycles. The summed E-state index contributed by atoms with van der Waals surface area (Å²) in [5.74, 6) is -1.10. The molecule has 0 aliphatic heterocycles. The van der Waals surface area contributed by atoms with Gasteiger partial charge in [-0.25, -0.2) is 9.02 Å². The van der Waals surface area contributed by atoms with Gasteiger partial charge in [0.25, 0.3) is 5.91 Å². The maximum atomic E-state index is 13.3. The molecular formula is C18H15BrFN5O3. The zero-order valence-electron chi connectivity index (χ0n) is 14.4. The van der Waals surface area contributed by atoms with Crippen LogP contribution in [0, 0.1) is 11.2 Å². The van der Waals surface area contributed by atoms with Crippen molar-refractivity contribution in [2.75, 3.05) is 17.2 Å². The molecule has 0 radical (unpaired) electrons. The fourth-order valence-corrected chi connectivity index (χ4v) is 2.59. The van der Waals surface area contributed by atoms with Gasteiger partial charge in [-0.2, -0.15) is 0 Å². The SMILES string of the molecule is N=C(Nc1ccc(F)c(Br)c1)c1nonc1NC(=O)COCc1ccccc1. The van der Waals surface area contributed by atoms with Crippen LogP contribution in [0.3, 0.4) is 0 Å². The standard InChI is InChI=1S/C18H15BrFN5O3/c19-13-8-12(6-7-14(13)20)22-17(21)16-18(25-28-24-16)23-15(26)10-27-9-11-4-2-1-3-5-11/h1-8H,9-10H2,(H2,21,22)(H,23,25,26). The van der Waals surface area contributed by atoms with Gasteiger partial charge in [-0.3, -0.25) is 10.2 Å². The Morgan fingerprint density at radius 2 is 1.96 bits per heavy atom. The number of hydrogen-bond acceptors (Lipinski definition) is 6. The number of anilines is 2. The van der Waals surface area contributed by atoms with E-state index in [-0.39, 0.29) is 35.0 Å². The Kier molecular flexibility index (Phi) is 6.45. The Balaban J connectivity index is 1.55. The molecule has 0 fully saturated rings. The van der Waals surface area contributed by atoms with Gasteiger partial charge in [-0.1, -0.05) is 30.3 Å². The van der Waals surface area contributed by atoms with Gasteiger partial charge in [0.05, 0.1) is 11.1 Å². The molecule has 144 valence electrons. The van der Waals surface area contributed by atoms with E-state index in [0.29, 0.717) is 5.69 Å². The largest absolute Gasteiger partial charge is 0.367 e. The number of nitrogens with one attached hydrogen (secondary N) is 3. The van der Waals surface area contributed by atoms with Crippen molar-refractivity contribution >= 4 is 39.2 Å². The predicted molar refractivity (Wildman–Crippen MR) is 104 cm³/mol. The summed E-state index contributed by atoms with van der Waals surface area (Å²) in [6.07, 6.45) is 0. The minimum Gasteiger partial charge on any atom is -0.367 e. The average Bonchev–Trinajstić information content (AvgIpc) is 3.14. The van der Waals surface area contributed by atoms with E-state index < -0.39 is 11.7 Å². The van der Waals surface area contributed by atoms with Gasteiger partial charge in [0.15, 0.2) is 11.5 Å². The maximum Gasteiger partial charge on any atom is 0.251 e. The van der Waals surface area contributed by atoms with Crippen molar-refractivity contribution < 1.29 is 18.6 Å². The lowest BCUT2D eigenvalue weighted by Crippen LogP contribution is -2.21. The first-order valence-electron chi connectivity index (χ1n) is 8.08. The van der Waals surface area contributed by atoms with Crippen LogP contribution in [-0.4, -0.2) is 28.7 Å². The highest BCUT2D eigenvalue weighted by Crippen LogP contribution is 2.21. The number of amides is 1. The molecule has 0 bridgehead atoms. The first-order chi connectivity index (χ1) is 13.5. The third-order valence-corrected chi connectivity index (χ3v) is 4.12. The van der Waals surface area contributed by atoms with Gasteiger partial charge < -0.3 is 15.4 Å². The highest BCUT2D eigenvalue weighted by Gasteiger charge is 2.18. The lowest BCUT2D eigenvalue weighted by molar-refractivity contribution is -0.121. The van der Waals surface area contributed by atoms with Crippen molar-refractivity contribution in [1.29, 1.82) is 5.41 Å². The smallest absolute Gasteiger partial charge is 0.251 e. The van der Waals surface area contributed by atoms with Crippen LogP contribution in [0.5, 0.6) is 0 Å². The Morgan fingerprint density at radius 3 is 2.71 bits per heavy atom. The number of carbonyl (C=O) groups excluding carboxylic acids is 1. The number of ether oxygens (including phenoxy) is 1. The number of halogens is 2. The van der Waals surface area contributed by atoms with Crippen LogP contribution in [-0.2, 0) is 16.1 Å². The Bertz CT molecular complexity index is 980. The van der Waals surface area contributed by atoms with E-state index in [1.54, 1.807) is 0 Å². The Labute approximate surface area is 167 Å². The lowest BCUT2D eigenvalue weighted by atomic mass is 10.2. The van der Waals surface area contributed by atoms with Crippen molar-refractivity contribution in [3.8, 4) is 0 Å². The highest BCUT2D eigenvalue weighted by molar-refractivity contribution is 9.10. The van der Waals surface area contributed by atoms with Gasteiger partial charge >= 0.3 is 0 Å². The van der Waals surface area contributed by atoms with E-state index in [9.17, 15) is 9.18 Å². The summed E-state index contributed by atoms with van der Waals surface area (Å²) in [6, 6.07) is 13.6. The van der Waals surface area contributed by atoms with Gasteiger partial charge in [0, 0.05) is 5.69 Å². The number of nitrogens with zero attached hydrogens (tertiary/aromatic N) is 2. The predicted octanol–water partition coefficient (Wildman–Crippen LogP) is 3.56. The van der Waals surface area contributed by atoms with Crippen LogP contribution < -0.4 is 10.6 Å².